The van der Waals surface area contributed by atoms with Crippen LogP contribution in [0.25, 0.3) is 11.3 Å². The fraction of sp³-hybridized carbons (Fsp3) is 0.429. The van der Waals surface area contributed by atoms with E-state index in [-0.39, 0.29) is 0 Å². The summed E-state index contributed by atoms with van der Waals surface area (Å²) >= 11 is 0. The quantitative estimate of drug-likeness (QED) is 0.693. The molecule has 1 atom stereocenters. The zero-order chi connectivity index (χ0) is 19.7. The van der Waals surface area contributed by atoms with Crippen LogP contribution in [0.3, 0.4) is 0 Å². The molecule has 1 aromatic carbocycles. The summed E-state index contributed by atoms with van der Waals surface area (Å²) in [5, 5.41) is 11.6. The fourth-order valence-electron chi connectivity index (χ4n) is 4.20. The van der Waals surface area contributed by atoms with E-state index in [1.807, 2.05) is 38.2 Å². The first-order valence-corrected chi connectivity index (χ1v) is 9.53. The Morgan fingerprint density at radius 1 is 1.25 bits per heavy atom. The van der Waals surface area contributed by atoms with E-state index in [9.17, 15) is 0 Å². The Bertz CT molecular complexity index is 943. The number of nitrogens with one attached hydrogen (secondary N) is 1. The van der Waals surface area contributed by atoms with Crippen LogP contribution in [0.15, 0.2) is 28.9 Å². The van der Waals surface area contributed by atoms with Crippen molar-refractivity contribution in [3.05, 3.63) is 47.0 Å². The lowest BCUT2D eigenvalue weighted by Gasteiger charge is -2.24. The van der Waals surface area contributed by atoms with Crippen molar-refractivity contribution in [1.82, 2.24) is 20.3 Å². The molecule has 0 unspecified atom stereocenters. The van der Waals surface area contributed by atoms with Crippen molar-refractivity contribution in [2.24, 2.45) is 0 Å². The molecule has 3 aromatic rings. The first-order chi connectivity index (χ1) is 13.6. The smallest absolute Gasteiger partial charge is 0.138 e. The highest BCUT2D eigenvalue weighted by atomic mass is 16.5. The third-order valence-corrected chi connectivity index (χ3v) is 5.55. The minimum atomic E-state index is 0.321. The van der Waals surface area contributed by atoms with Gasteiger partial charge in [-0.1, -0.05) is 5.16 Å². The number of likely N-dealkylation sites (tertiary alicyclic amines) is 1. The number of methoxy groups -OCH3 is 2. The number of ether oxygens (including phenoxy) is 2. The second kappa shape index (κ2) is 7.67. The topological polar surface area (TPSA) is 76.4 Å². The fourth-order valence-corrected chi connectivity index (χ4v) is 4.20. The highest BCUT2D eigenvalue weighted by molar-refractivity contribution is 5.71. The molecule has 1 saturated heterocycles. The van der Waals surface area contributed by atoms with Gasteiger partial charge in [0.25, 0.3) is 0 Å². The molecule has 0 spiro atoms. The van der Waals surface area contributed by atoms with E-state index in [0.717, 1.165) is 65.7 Å². The summed E-state index contributed by atoms with van der Waals surface area (Å²) in [4.78, 5) is 2.48. The predicted molar refractivity (Wildman–Crippen MR) is 105 cm³/mol. The molecule has 3 heterocycles. The van der Waals surface area contributed by atoms with E-state index in [2.05, 4.69) is 20.3 Å². The summed E-state index contributed by atoms with van der Waals surface area (Å²) in [6.07, 6.45) is 4.17. The van der Waals surface area contributed by atoms with Crippen molar-refractivity contribution in [1.29, 1.82) is 0 Å². The predicted octanol–water partition coefficient (Wildman–Crippen LogP) is 4.04. The molecule has 1 N–H and O–H groups in total. The van der Waals surface area contributed by atoms with Gasteiger partial charge in [-0.15, -0.1) is 0 Å². The highest BCUT2D eigenvalue weighted by Gasteiger charge is 2.31. The summed E-state index contributed by atoms with van der Waals surface area (Å²) in [7, 11) is 3.34. The van der Waals surface area contributed by atoms with Crippen LogP contribution in [0.1, 0.15) is 41.5 Å². The average Bonchev–Trinajstić information content (AvgIpc) is 3.43. The summed E-state index contributed by atoms with van der Waals surface area (Å²) in [5.74, 6) is 2.48. The first kappa shape index (κ1) is 18.6. The standard InChI is InChI=1S/C21H26N4O3/c1-13-20(14(2)28-24-13)18-6-5-9-25(18)12-15-11-22-23-21(15)17-10-16(26-3)7-8-19(17)27-4/h7-8,10-11,18H,5-6,9,12H2,1-4H3,(H,22,23)/t18-/m1/s1. The lowest BCUT2D eigenvalue weighted by molar-refractivity contribution is 0.246. The number of aromatic amines is 1. The molecule has 0 amide bonds. The molecule has 0 aliphatic carbocycles. The maximum atomic E-state index is 5.57. The molecule has 0 bridgehead atoms. The molecule has 7 heteroatoms. The van der Waals surface area contributed by atoms with E-state index in [4.69, 9.17) is 14.0 Å². The van der Waals surface area contributed by atoms with Gasteiger partial charge < -0.3 is 14.0 Å². The van der Waals surface area contributed by atoms with Gasteiger partial charge in [-0.25, -0.2) is 0 Å². The maximum absolute atomic E-state index is 5.57. The molecular formula is C21H26N4O3. The number of aromatic nitrogens is 3. The molecule has 0 radical (unpaired) electrons. The maximum Gasteiger partial charge on any atom is 0.138 e. The Morgan fingerprint density at radius 3 is 2.82 bits per heavy atom. The largest absolute Gasteiger partial charge is 0.497 e. The Balaban J connectivity index is 1.65. The summed E-state index contributed by atoms with van der Waals surface area (Å²) in [6.45, 7) is 5.85. The zero-order valence-electron chi connectivity index (χ0n) is 16.8. The second-order valence-electron chi connectivity index (χ2n) is 7.20. The summed E-state index contributed by atoms with van der Waals surface area (Å²) < 4.78 is 16.4. The molecule has 148 valence electrons. The van der Waals surface area contributed by atoms with E-state index in [1.54, 1.807) is 14.2 Å². The number of H-pyrrole nitrogens is 1. The lowest BCUT2D eigenvalue weighted by atomic mass is 10.0. The first-order valence-electron chi connectivity index (χ1n) is 9.53. The second-order valence-corrected chi connectivity index (χ2v) is 7.20. The molecule has 28 heavy (non-hydrogen) atoms. The van der Waals surface area contributed by atoms with Crippen LogP contribution in [0.2, 0.25) is 0 Å². The van der Waals surface area contributed by atoms with Crippen LogP contribution in [0.5, 0.6) is 11.5 Å². The highest BCUT2D eigenvalue weighted by Crippen LogP contribution is 2.39. The van der Waals surface area contributed by atoms with Crippen molar-refractivity contribution in [3.63, 3.8) is 0 Å². The molecule has 7 nitrogen and oxygen atoms in total. The number of hydrogen-bond acceptors (Lipinski definition) is 6. The Kier molecular flexibility index (Phi) is 5.09. The van der Waals surface area contributed by atoms with Crippen LogP contribution >= 0.6 is 0 Å². The Labute approximate surface area is 164 Å². The van der Waals surface area contributed by atoms with Crippen LogP contribution < -0.4 is 9.47 Å². The normalized spacial score (nSPS) is 17.2. The molecule has 0 saturated carbocycles. The van der Waals surface area contributed by atoms with Gasteiger partial charge in [0, 0.05) is 29.3 Å². The lowest BCUT2D eigenvalue weighted by Crippen LogP contribution is -2.23. The van der Waals surface area contributed by atoms with Crippen molar-refractivity contribution >= 4 is 0 Å². The van der Waals surface area contributed by atoms with Crippen molar-refractivity contribution < 1.29 is 14.0 Å². The molecular weight excluding hydrogens is 356 g/mol. The third-order valence-electron chi connectivity index (χ3n) is 5.55. The number of benzene rings is 1. The SMILES string of the molecule is COc1ccc(OC)c(-c2[nH]ncc2CN2CCC[C@@H]2c2c(C)noc2C)c1. The van der Waals surface area contributed by atoms with Gasteiger partial charge in [0.05, 0.1) is 31.8 Å². The third kappa shape index (κ3) is 3.26. The molecule has 1 aliphatic heterocycles. The van der Waals surface area contributed by atoms with Gasteiger partial charge in [0.2, 0.25) is 0 Å². The van der Waals surface area contributed by atoms with Crippen molar-refractivity contribution in [3.8, 4) is 22.8 Å². The number of rotatable bonds is 6. The number of nitrogens with zero attached hydrogens (tertiary/aromatic N) is 3. The van der Waals surface area contributed by atoms with E-state index in [0.29, 0.717) is 6.04 Å². The van der Waals surface area contributed by atoms with E-state index < -0.39 is 0 Å². The van der Waals surface area contributed by atoms with Gasteiger partial charge in [0.15, 0.2) is 0 Å². The molecule has 1 fully saturated rings. The minimum Gasteiger partial charge on any atom is -0.497 e. The van der Waals surface area contributed by atoms with Crippen molar-refractivity contribution in [2.45, 2.75) is 39.3 Å². The van der Waals surface area contributed by atoms with Crippen LogP contribution in [0, 0.1) is 13.8 Å². The van der Waals surface area contributed by atoms with Crippen molar-refractivity contribution in [2.75, 3.05) is 20.8 Å². The Hall–Kier alpha value is -2.80. The average molecular weight is 382 g/mol. The van der Waals surface area contributed by atoms with Crippen LogP contribution in [-0.2, 0) is 6.54 Å². The molecule has 4 rings (SSSR count). The van der Waals surface area contributed by atoms with Gasteiger partial charge in [0.1, 0.15) is 17.3 Å². The number of hydrogen-bond donors (Lipinski definition) is 1. The van der Waals surface area contributed by atoms with Crippen LogP contribution in [-0.4, -0.2) is 41.0 Å². The van der Waals surface area contributed by atoms with Gasteiger partial charge >= 0.3 is 0 Å². The Morgan fingerprint density at radius 2 is 2.11 bits per heavy atom. The number of aryl methyl sites for hydroxylation is 2. The minimum absolute atomic E-state index is 0.321. The van der Waals surface area contributed by atoms with E-state index >= 15 is 0 Å². The molecule has 1 aliphatic rings. The van der Waals surface area contributed by atoms with Gasteiger partial charge in [-0.2, -0.15) is 5.10 Å². The van der Waals surface area contributed by atoms with Gasteiger partial charge in [-0.3, -0.25) is 10.00 Å². The summed E-state index contributed by atoms with van der Waals surface area (Å²) in [5.41, 5.74) is 5.24. The van der Waals surface area contributed by atoms with Gasteiger partial charge in [-0.05, 0) is 51.4 Å². The van der Waals surface area contributed by atoms with Crippen LogP contribution in [0.4, 0.5) is 0 Å². The summed E-state index contributed by atoms with van der Waals surface area (Å²) in [6, 6.07) is 6.11. The molecule has 2 aromatic heterocycles. The van der Waals surface area contributed by atoms with E-state index in [1.165, 1.54) is 5.56 Å². The monoisotopic (exact) mass is 382 g/mol. The zero-order valence-corrected chi connectivity index (χ0v) is 16.8.